The molecule has 0 unspecified atom stereocenters. The Labute approximate surface area is 131 Å². The van der Waals surface area contributed by atoms with E-state index in [-0.39, 0.29) is 0 Å². The minimum atomic E-state index is 0.326. The van der Waals surface area contributed by atoms with Crippen LogP contribution in [0.5, 0.6) is 5.75 Å². The topological polar surface area (TPSA) is 52.5 Å². The second kappa shape index (κ2) is 6.32. The maximum Gasteiger partial charge on any atom is 0.224 e. The number of phenolic OH excluding ortho intramolecular Hbond substituents is 1. The molecule has 2 aromatic rings. The summed E-state index contributed by atoms with van der Waals surface area (Å²) in [6, 6.07) is 8.13. The molecule has 22 heavy (non-hydrogen) atoms. The smallest absolute Gasteiger partial charge is 0.224 e. The summed E-state index contributed by atoms with van der Waals surface area (Å²) in [6.07, 6.45) is 6.30. The predicted molar refractivity (Wildman–Crippen MR) is 86.7 cm³/mol. The van der Waals surface area contributed by atoms with Gasteiger partial charge in [0.25, 0.3) is 0 Å². The predicted octanol–water partition coefficient (Wildman–Crippen LogP) is 2.41. The van der Waals surface area contributed by atoms with Gasteiger partial charge in [0.05, 0.1) is 0 Å². The first kappa shape index (κ1) is 14.8. The number of benzene rings is 1. The van der Waals surface area contributed by atoms with Crippen molar-refractivity contribution in [3.05, 3.63) is 47.8 Å². The standard InChI is InChI=1S/C17H22N4O/c1-20(2)17-18-9-14(10-19-17)12-21(15-6-7-15)11-13-4-3-5-16(22)8-13/h3-5,8-10,15,22H,6-7,11-12H2,1-2H3. The summed E-state index contributed by atoms with van der Waals surface area (Å²) in [6.45, 7) is 1.68. The lowest BCUT2D eigenvalue weighted by Crippen LogP contribution is -2.25. The first-order valence-corrected chi connectivity index (χ1v) is 7.62. The van der Waals surface area contributed by atoms with E-state index in [4.69, 9.17) is 0 Å². The van der Waals surface area contributed by atoms with Crippen molar-refractivity contribution in [1.29, 1.82) is 0 Å². The molecular weight excluding hydrogens is 276 g/mol. The number of hydrogen-bond donors (Lipinski definition) is 1. The van der Waals surface area contributed by atoms with Crippen LogP contribution in [0, 0.1) is 0 Å². The van der Waals surface area contributed by atoms with Crippen molar-refractivity contribution in [2.45, 2.75) is 32.0 Å². The van der Waals surface area contributed by atoms with Crippen LogP contribution in [0.1, 0.15) is 24.0 Å². The van der Waals surface area contributed by atoms with Crippen LogP contribution in [0.15, 0.2) is 36.7 Å². The summed E-state index contributed by atoms with van der Waals surface area (Å²) in [5.74, 6) is 1.06. The van der Waals surface area contributed by atoms with E-state index in [1.807, 2.05) is 43.5 Å². The minimum absolute atomic E-state index is 0.326. The van der Waals surface area contributed by atoms with E-state index in [1.54, 1.807) is 6.07 Å². The fraction of sp³-hybridized carbons (Fsp3) is 0.412. The van der Waals surface area contributed by atoms with Crippen molar-refractivity contribution < 1.29 is 5.11 Å². The molecule has 116 valence electrons. The Hall–Kier alpha value is -2.14. The van der Waals surface area contributed by atoms with Gasteiger partial charge in [-0.2, -0.15) is 0 Å². The normalized spacial score (nSPS) is 14.3. The zero-order chi connectivity index (χ0) is 15.5. The molecule has 0 saturated heterocycles. The van der Waals surface area contributed by atoms with Gasteiger partial charge in [-0.25, -0.2) is 9.97 Å². The lowest BCUT2D eigenvalue weighted by Gasteiger charge is -2.22. The highest BCUT2D eigenvalue weighted by Gasteiger charge is 2.29. The Morgan fingerprint density at radius 2 is 1.77 bits per heavy atom. The Kier molecular flexibility index (Phi) is 4.24. The quantitative estimate of drug-likeness (QED) is 0.887. The lowest BCUT2D eigenvalue weighted by molar-refractivity contribution is 0.245. The lowest BCUT2D eigenvalue weighted by atomic mass is 10.2. The monoisotopic (exact) mass is 298 g/mol. The highest BCUT2D eigenvalue weighted by atomic mass is 16.3. The third-order valence-corrected chi connectivity index (χ3v) is 3.84. The molecule has 1 saturated carbocycles. The van der Waals surface area contributed by atoms with Gasteiger partial charge in [0.1, 0.15) is 5.75 Å². The number of nitrogens with zero attached hydrogens (tertiary/aromatic N) is 4. The summed E-state index contributed by atoms with van der Waals surface area (Å²) < 4.78 is 0. The Morgan fingerprint density at radius 3 is 2.36 bits per heavy atom. The van der Waals surface area contributed by atoms with Crippen LogP contribution in [-0.2, 0) is 13.1 Å². The molecule has 0 radical (unpaired) electrons. The highest BCUT2D eigenvalue weighted by Crippen LogP contribution is 2.30. The van der Waals surface area contributed by atoms with Crippen LogP contribution < -0.4 is 4.90 Å². The van der Waals surface area contributed by atoms with Gasteiger partial charge in [-0.15, -0.1) is 0 Å². The molecule has 1 fully saturated rings. The summed E-state index contributed by atoms with van der Waals surface area (Å²) in [5.41, 5.74) is 2.26. The zero-order valence-corrected chi connectivity index (χ0v) is 13.1. The van der Waals surface area contributed by atoms with Crippen molar-refractivity contribution >= 4 is 5.95 Å². The molecule has 1 aromatic carbocycles. The molecule has 0 spiro atoms. The van der Waals surface area contributed by atoms with E-state index >= 15 is 0 Å². The fourth-order valence-corrected chi connectivity index (χ4v) is 2.54. The van der Waals surface area contributed by atoms with E-state index in [9.17, 15) is 5.11 Å². The molecule has 3 rings (SSSR count). The van der Waals surface area contributed by atoms with Crippen molar-refractivity contribution in [2.75, 3.05) is 19.0 Å². The average Bonchev–Trinajstić information content (AvgIpc) is 3.32. The molecule has 1 heterocycles. The highest BCUT2D eigenvalue weighted by molar-refractivity contribution is 5.28. The molecule has 1 aromatic heterocycles. The van der Waals surface area contributed by atoms with Gasteiger partial charge in [-0.05, 0) is 30.5 Å². The second-order valence-electron chi connectivity index (χ2n) is 6.09. The molecule has 1 N–H and O–H groups in total. The zero-order valence-electron chi connectivity index (χ0n) is 13.1. The van der Waals surface area contributed by atoms with Gasteiger partial charge in [0.2, 0.25) is 5.95 Å². The fourth-order valence-electron chi connectivity index (χ4n) is 2.54. The third-order valence-electron chi connectivity index (χ3n) is 3.84. The minimum Gasteiger partial charge on any atom is -0.508 e. The molecule has 0 bridgehead atoms. The number of aromatic hydroxyl groups is 1. The molecular formula is C17H22N4O. The van der Waals surface area contributed by atoms with Crippen LogP contribution in [0.4, 0.5) is 5.95 Å². The van der Waals surface area contributed by atoms with E-state index in [0.717, 1.165) is 30.2 Å². The summed E-state index contributed by atoms with van der Waals surface area (Å²) >= 11 is 0. The number of aromatic nitrogens is 2. The molecule has 1 aliphatic carbocycles. The molecule has 0 aliphatic heterocycles. The van der Waals surface area contributed by atoms with E-state index in [2.05, 4.69) is 20.9 Å². The summed E-state index contributed by atoms with van der Waals surface area (Å²) in [7, 11) is 3.88. The molecule has 5 heteroatoms. The van der Waals surface area contributed by atoms with Crippen LogP contribution in [0.25, 0.3) is 0 Å². The van der Waals surface area contributed by atoms with Crippen LogP contribution in [-0.4, -0.2) is 40.1 Å². The Morgan fingerprint density at radius 1 is 1.09 bits per heavy atom. The van der Waals surface area contributed by atoms with Crippen molar-refractivity contribution in [3.63, 3.8) is 0 Å². The van der Waals surface area contributed by atoms with Gasteiger partial charge < -0.3 is 10.0 Å². The van der Waals surface area contributed by atoms with Gasteiger partial charge in [-0.3, -0.25) is 4.90 Å². The maximum absolute atomic E-state index is 9.61. The second-order valence-corrected chi connectivity index (χ2v) is 6.09. The van der Waals surface area contributed by atoms with Gasteiger partial charge in [-0.1, -0.05) is 12.1 Å². The summed E-state index contributed by atoms with van der Waals surface area (Å²) in [5, 5.41) is 9.61. The molecule has 0 atom stereocenters. The van der Waals surface area contributed by atoms with E-state index in [0.29, 0.717) is 11.8 Å². The summed E-state index contributed by atoms with van der Waals surface area (Å²) in [4.78, 5) is 13.1. The first-order valence-electron chi connectivity index (χ1n) is 7.62. The van der Waals surface area contributed by atoms with Crippen molar-refractivity contribution in [1.82, 2.24) is 14.9 Å². The molecule has 1 aliphatic rings. The van der Waals surface area contributed by atoms with Crippen LogP contribution in [0.3, 0.4) is 0 Å². The molecule has 5 nitrogen and oxygen atoms in total. The average molecular weight is 298 g/mol. The number of phenols is 1. The first-order chi connectivity index (χ1) is 10.6. The Bertz CT molecular complexity index is 623. The van der Waals surface area contributed by atoms with Gasteiger partial charge >= 0.3 is 0 Å². The van der Waals surface area contributed by atoms with E-state index < -0.39 is 0 Å². The van der Waals surface area contributed by atoms with Gasteiger partial charge in [0, 0.05) is 51.2 Å². The van der Waals surface area contributed by atoms with E-state index in [1.165, 1.54) is 12.8 Å². The largest absolute Gasteiger partial charge is 0.508 e. The SMILES string of the molecule is CN(C)c1ncc(CN(Cc2cccc(O)c2)C2CC2)cn1. The Balaban J connectivity index is 1.69. The number of anilines is 1. The third kappa shape index (κ3) is 3.74. The van der Waals surface area contributed by atoms with Crippen LogP contribution in [0.2, 0.25) is 0 Å². The van der Waals surface area contributed by atoms with Gasteiger partial charge in [0.15, 0.2) is 0 Å². The van der Waals surface area contributed by atoms with Crippen molar-refractivity contribution in [3.8, 4) is 5.75 Å². The maximum atomic E-state index is 9.61. The van der Waals surface area contributed by atoms with Crippen LogP contribution >= 0.6 is 0 Å². The van der Waals surface area contributed by atoms with Crippen molar-refractivity contribution in [2.24, 2.45) is 0 Å². The number of rotatable bonds is 6. The molecule has 0 amide bonds. The number of hydrogen-bond acceptors (Lipinski definition) is 5.